The number of hydrogen-bond acceptors (Lipinski definition) is 5. The molecule has 0 bridgehead atoms. The van der Waals surface area contributed by atoms with Crippen molar-refractivity contribution < 1.29 is 18.7 Å². The minimum atomic E-state index is -0.617. The highest BCUT2D eigenvalue weighted by Crippen LogP contribution is 2.47. The van der Waals surface area contributed by atoms with Gasteiger partial charge in [0.25, 0.3) is 0 Å². The number of carbonyl (C=O) groups is 2. The third kappa shape index (κ3) is 6.47. The Labute approximate surface area is 241 Å². The summed E-state index contributed by atoms with van der Waals surface area (Å²) in [5.74, 6) is -0.466. The number of hydrogen-bond donors (Lipinski definition) is 2. The molecular weight excluding hydrogens is 519 g/mol. The Morgan fingerprint density at radius 2 is 1.39 bits per heavy atom. The molecule has 3 aromatic carbocycles. The molecule has 2 unspecified atom stereocenters. The summed E-state index contributed by atoms with van der Waals surface area (Å²) in [6.45, 7) is 5.97. The van der Waals surface area contributed by atoms with E-state index in [4.69, 9.17) is 4.74 Å². The summed E-state index contributed by atoms with van der Waals surface area (Å²) in [6.07, 6.45) is 2.81. The van der Waals surface area contributed by atoms with Crippen LogP contribution in [0.25, 0.3) is 0 Å². The zero-order chi connectivity index (χ0) is 29.1. The highest BCUT2D eigenvalue weighted by molar-refractivity contribution is 5.96. The van der Waals surface area contributed by atoms with Gasteiger partial charge in [0.1, 0.15) is 17.5 Å². The van der Waals surface area contributed by atoms with Crippen LogP contribution < -0.4 is 15.5 Å². The van der Waals surface area contributed by atoms with E-state index in [0.29, 0.717) is 18.7 Å². The summed E-state index contributed by atoms with van der Waals surface area (Å²) in [7, 11) is 1.91. The van der Waals surface area contributed by atoms with Gasteiger partial charge in [-0.1, -0.05) is 24.3 Å². The fourth-order valence-corrected chi connectivity index (χ4v) is 5.90. The van der Waals surface area contributed by atoms with Gasteiger partial charge in [-0.05, 0) is 106 Å². The molecule has 2 fully saturated rings. The highest BCUT2D eigenvalue weighted by atomic mass is 19.1. The van der Waals surface area contributed by atoms with E-state index in [9.17, 15) is 14.0 Å². The van der Waals surface area contributed by atoms with E-state index in [0.717, 1.165) is 36.2 Å². The van der Waals surface area contributed by atoms with Crippen molar-refractivity contribution in [2.45, 2.75) is 70.2 Å². The Balaban J connectivity index is 1.32. The predicted octanol–water partition coefficient (Wildman–Crippen LogP) is 7.29. The molecule has 0 aromatic heterocycles. The van der Waals surface area contributed by atoms with Crippen LogP contribution in [-0.4, -0.2) is 42.1 Å². The smallest absolute Gasteiger partial charge is 0.410 e. The lowest BCUT2D eigenvalue weighted by atomic mass is 10.0. The number of rotatable bonds is 6. The van der Waals surface area contributed by atoms with Crippen molar-refractivity contribution >= 4 is 29.1 Å². The molecule has 2 aliphatic rings. The molecule has 0 spiro atoms. The van der Waals surface area contributed by atoms with Gasteiger partial charge < -0.3 is 20.3 Å². The molecule has 2 aliphatic heterocycles. The molecule has 2 saturated heterocycles. The fraction of sp³-hybridized carbons (Fsp3) is 0.394. The van der Waals surface area contributed by atoms with Crippen molar-refractivity contribution in [2.24, 2.45) is 0 Å². The second-order valence-corrected chi connectivity index (χ2v) is 11.8. The highest BCUT2D eigenvalue weighted by Gasteiger charge is 2.37. The van der Waals surface area contributed by atoms with Gasteiger partial charge in [0.15, 0.2) is 0 Å². The van der Waals surface area contributed by atoms with Gasteiger partial charge in [-0.25, -0.2) is 9.18 Å². The number of benzene rings is 3. The van der Waals surface area contributed by atoms with E-state index >= 15 is 0 Å². The average Bonchev–Trinajstić information content (AvgIpc) is 3.62. The standard InChI is InChI=1S/C33H39FN4O3/c1-33(2,3)41-32(40)37-21-5-6-30(37)31(39)36-26-15-9-23(10-16-26)29-20-19-28(22-7-13-25(35-4)14-8-22)38(29)27-17-11-24(34)12-18-27/h7-18,28-30,35H,5-6,19-21H2,1-4H3,(H,36,39)/t28?,29?,30-/m0/s1. The van der Waals surface area contributed by atoms with Gasteiger partial charge in [-0.15, -0.1) is 0 Å². The molecule has 41 heavy (non-hydrogen) atoms. The number of anilines is 3. The summed E-state index contributed by atoms with van der Waals surface area (Å²) in [5, 5.41) is 6.17. The average molecular weight is 559 g/mol. The maximum atomic E-state index is 13.8. The lowest BCUT2D eigenvalue weighted by Crippen LogP contribution is -2.45. The number of amides is 2. The van der Waals surface area contributed by atoms with Gasteiger partial charge >= 0.3 is 6.09 Å². The van der Waals surface area contributed by atoms with E-state index in [1.807, 2.05) is 64.2 Å². The molecule has 0 saturated carbocycles. The van der Waals surface area contributed by atoms with Crippen LogP contribution in [0.1, 0.15) is 69.7 Å². The first kappa shape index (κ1) is 28.5. The summed E-state index contributed by atoms with van der Waals surface area (Å²) in [6, 6.07) is 22.8. The predicted molar refractivity (Wildman–Crippen MR) is 161 cm³/mol. The van der Waals surface area contributed by atoms with Gasteiger partial charge in [-0.2, -0.15) is 0 Å². The van der Waals surface area contributed by atoms with Crippen LogP contribution in [-0.2, 0) is 9.53 Å². The molecule has 2 amide bonds. The number of carbonyl (C=O) groups excluding carboxylic acids is 2. The second kappa shape index (κ2) is 11.8. The first-order valence-corrected chi connectivity index (χ1v) is 14.3. The fourth-order valence-electron chi connectivity index (χ4n) is 5.90. The minimum Gasteiger partial charge on any atom is -0.444 e. The van der Waals surface area contributed by atoms with Gasteiger partial charge in [0.2, 0.25) is 5.91 Å². The third-order valence-corrected chi connectivity index (χ3v) is 7.84. The van der Waals surface area contributed by atoms with Crippen molar-refractivity contribution in [2.75, 3.05) is 29.1 Å². The van der Waals surface area contributed by atoms with Crippen LogP contribution in [0.15, 0.2) is 72.8 Å². The monoisotopic (exact) mass is 558 g/mol. The summed E-state index contributed by atoms with van der Waals surface area (Å²) in [5.41, 5.74) is 4.43. The lowest BCUT2D eigenvalue weighted by Gasteiger charge is -2.33. The third-order valence-electron chi connectivity index (χ3n) is 7.84. The van der Waals surface area contributed by atoms with E-state index in [-0.39, 0.29) is 23.8 Å². The van der Waals surface area contributed by atoms with E-state index in [1.165, 1.54) is 22.6 Å². The van der Waals surface area contributed by atoms with Crippen molar-refractivity contribution in [3.05, 3.63) is 89.7 Å². The Bertz CT molecular complexity index is 1350. The normalized spacial score (nSPS) is 20.7. The topological polar surface area (TPSA) is 73.9 Å². The van der Waals surface area contributed by atoms with Gasteiger partial charge in [-0.3, -0.25) is 9.69 Å². The molecule has 2 heterocycles. The number of nitrogens with zero attached hydrogens (tertiary/aromatic N) is 2. The first-order valence-electron chi connectivity index (χ1n) is 14.3. The van der Waals surface area contributed by atoms with E-state index < -0.39 is 17.7 Å². The second-order valence-electron chi connectivity index (χ2n) is 11.8. The molecule has 2 N–H and O–H groups in total. The van der Waals surface area contributed by atoms with Crippen LogP contribution in [0.5, 0.6) is 0 Å². The molecule has 216 valence electrons. The minimum absolute atomic E-state index is 0.0941. The van der Waals surface area contributed by atoms with E-state index in [2.05, 4.69) is 39.8 Å². The van der Waals surface area contributed by atoms with Crippen LogP contribution in [0.2, 0.25) is 0 Å². The zero-order valence-corrected chi connectivity index (χ0v) is 24.2. The SMILES string of the molecule is CNc1ccc(C2CCC(c3ccc(NC(=O)[C@@H]4CCCN4C(=O)OC(C)(C)C)cc3)N2c2ccc(F)cc2)cc1. The van der Waals surface area contributed by atoms with Crippen LogP contribution in [0.4, 0.5) is 26.2 Å². The summed E-state index contributed by atoms with van der Waals surface area (Å²) < 4.78 is 19.3. The molecule has 3 atom stereocenters. The number of halogens is 1. The molecular formula is C33H39FN4O3. The Kier molecular flexibility index (Phi) is 8.20. The van der Waals surface area contributed by atoms with Gasteiger partial charge in [0.05, 0.1) is 12.1 Å². The molecule has 8 heteroatoms. The Hall–Kier alpha value is -4.07. The van der Waals surface area contributed by atoms with Crippen molar-refractivity contribution in [3.63, 3.8) is 0 Å². The van der Waals surface area contributed by atoms with Crippen molar-refractivity contribution in [1.29, 1.82) is 0 Å². The quantitative estimate of drug-likeness (QED) is 0.332. The Morgan fingerprint density at radius 3 is 1.93 bits per heavy atom. The van der Waals surface area contributed by atoms with Crippen LogP contribution in [0.3, 0.4) is 0 Å². The number of ether oxygens (including phenoxy) is 1. The lowest BCUT2D eigenvalue weighted by molar-refractivity contribution is -0.120. The van der Waals surface area contributed by atoms with Gasteiger partial charge in [0, 0.05) is 30.7 Å². The molecule has 0 radical (unpaired) electrons. The van der Waals surface area contributed by atoms with Crippen molar-refractivity contribution in [1.82, 2.24) is 4.90 Å². The van der Waals surface area contributed by atoms with Crippen molar-refractivity contribution in [3.8, 4) is 0 Å². The molecule has 7 nitrogen and oxygen atoms in total. The molecule has 5 rings (SSSR count). The zero-order valence-electron chi connectivity index (χ0n) is 24.2. The molecule has 3 aromatic rings. The maximum absolute atomic E-state index is 13.8. The summed E-state index contributed by atoms with van der Waals surface area (Å²) >= 11 is 0. The van der Waals surface area contributed by atoms with Crippen LogP contribution in [0, 0.1) is 5.82 Å². The number of nitrogens with one attached hydrogen (secondary N) is 2. The largest absolute Gasteiger partial charge is 0.444 e. The summed E-state index contributed by atoms with van der Waals surface area (Å²) in [4.78, 5) is 29.7. The molecule has 0 aliphatic carbocycles. The maximum Gasteiger partial charge on any atom is 0.410 e. The Morgan fingerprint density at radius 1 is 0.829 bits per heavy atom. The first-order chi connectivity index (χ1) is 19.6. The number of likely N-dealkylation sites (tertiary alicyclic amines) is 1. The van der Waals surface area contributed by atoms with Crippen LogP contribution >= 0.6 is 0 Å². The van der Waals surface area contributed by atoms with E-state index in [1.54, 1.807) is 0 Å².